The van der Waals surface area contributed by atoms with Crippen LogP contribution in [0.2, 0.25) is 5.02 Å². The van der Waals surface area contributed by atoms with Crippen molar-refractivity contribution in [3.05, 3.63) is 33.3 Å². The molecule has 0 fully saturated rings. The molecular weight excluding hydrogens is 289 g/mol. The molecule has 3 N–H and O–H groups in total. The molecule has 2 unspecified atom stereocenters. The van der Waals surface area contributed by atoms with Crippen LogP contribution < -0.4 is 5.73 Å². The van der Waals surface area contributed by atoms with Crippen molar-refractivity contribution in [3.63, 3.8) is 0 Å². The summed E-state index contributed by atoms with van der Waals surface area (Å²) < 4.78 is 0.952. The quantitative estimate of drug-likeness (QED) is 0.898. The third kappa shape index (κ3) is 3.20. The largest absolute Gasteiger partial charge is 0.393 e. The van der Waals surface area contributed by atoms with Gasteiger partial charge in [-0.1, -0.05) is 40.5 Å². The Bertz CT molecular complexity index is 370. The molecule has 2 atom stereocenters. The molecule has 0 aliphatic heterocycles. The van der Waals surface area contributed by atoms with E-state index in [-0.39, 0.29) is 5.41 Å². The van der Waals surface area contributed by atoms with Crippen LogP contribution in [0.1, 0.15) is 19.4 Å². The van der Waals surface area contributed by atoms with Crippen molar-refractivity contribution < 1.29 is 5.11 Å². The minimum atomic E-state index is -0.461. The van der Waals surface area contributed by atoms with Gasteiger partial charge in [-0.3, -0.25) is 0 Å². The molecule has 1 aromatic carbocycles. The number of nitrogens with two attached hydrogens (primary N) is 1. The van der Waals surface area contributed by atoms with Crippen LogP contribution in [0.3, 0.4) is 0 Å². The highest BCUT2D eigenvalue weighted by Gasteiger charge is 2.29. The van der Waals surface area contributed by atoms with E-state index in [9.17, 15) is 5.11 Å². The summed E-state index contributed by atoms with van der Waals surface area (Å²) in [6, 6.07) is 5.76. The molecule has 0 radical (unpaired) electrons. The highest BCUT2D eigenvalue weighted by molar-refractivity contribution is 9.10. The van der Waals surface area contributed by atoms with Gasteiger partial charge in [0.1, 0.15) is 0 Å². The third-order valence-corrected chi connectivity index (χ3v) is 3.93. The van der Waals surface area contributed by atoms with E-state index >= 15 is 0 Å². The normalized spacial score (nSPS) is 16.9. The van der Waals surface area contributed by atoms with Gasteiger partial charge in [0, 0.05) is 21.5 Å². The highest BCUT2D eigenvalue weighted by Crippen LogP contribution is 2.30. The monoisotopic (exact) mass is 305 g/mol. The van der Waals surface area contributed by atoms with Crippen LogP contribution in [0.15, 0.2) is 22.7 Å². The van der Waals surface area contributed by atoms with E-state index in [1.807, 2.05) is 25.1 Å². The number of rotatable bonds is 4. The Hall–Kier alpha value is -0.0900. The summed E-state index contributed by atoms with van der Waals surface area (Å²) in [5, 5.41) is 10.4. The lowest BCUT2D eigenvalue weighted by Gasteiger charge is -2.31. The topological polar surface area (TPSA) is 46.2 Å². The summed E-state index contributed by atoms with van der Waals surface area (Å²) >= 11 is 9.51. The molecule has 0 heterocycles. The van der Waals surface area contributed by atoms with Crippen LogP contribution in [-0.2, 0) is 6.42 Å². The summed E-state index contributed by atoms with van der Waals surface area (Å²) in [6.07, 6.45) is 0.213. The number of aliphatic hydroxyl groups is 1. The maximum Gasteiger partial charge on any atom is 0.0580 e. The first-order valence-corrected chi connectivity index (χ1v) is 6.38. The Morgan fingerprint density at radius 1 is 1.56 bits per heavy atom. The molecule has 0 bridgehead atoms. The fourth-order valence-corrected chi connectivity index (χ4v) is 2.23. The number of benzene rings is 1. The molecule has 0 aliphatic carbocycles. The average Bonchev–Trinajstić information content (AvgIpc) is 2.22. The van der Waals surface area contributed by atoms with E-state index in [1.54, 1.807) is 6.92 Å². The van der Waals surface area contributed by atoms with Crippen LogP contribution >= 0.6 is 27.5 Å². The average molecular weight is 307 g/mol. The Morgan fingerprint density at radius 2 is 2.19 bits per heavy atom. The van der Waals surface area contributed by atoms with Gasteiger partial charge in [-0.25, -0.2) is 0 Å². The molecule has 0 saturated heterocycles. The molecule has 4 heteroatoms. The van der Waals surface area contributed by atoms with Crippen molar-refractivity contribution in [1.82, 2.24) is 0 Å². The first-order valence-electron chi connectivity index (χ1n) is 5.21. The fraction of sp³-hybridized carbons (Fsp3) is 0.500. The van der Waals surface area contributed by atoms with Gasteiger partial charge in [0.15, 0.2) is 0 Å². The smallest absolute Gasteiger partial charge is 0.0580 e. The number of hydrogen-bond donors (Lipinski definition) is 2. The lowest BCUT2D eigenvalue weighted by atomic mass is 9.79. The van der Waals surface area contributed by atoms with Crippen LogP contribution in [0.5, 0.6) is 0 Å². The fourth-order valence-electron chi connectivity index (χ4n) is 1.49. The number of hydrogen-bond acceptors (Lipinski definition) is 2. The van der Waals surface area contributed by atoms with E-state index in [2.05, 4.69) is 15.9 Å². The summed E-state index contributed by atoms with van der Waals surface area (Å²) in [5.41, 5.74) is 6.40. The van der Waals surface area contributed by atoms with Crippen molar-refractivity contribution >= 4 is 27.5 Å². The SMILES string of the molecule is CC(O)C(C)(CN)Cc1ccc(Br)cc1Cl. The van der Waals surface area contributed by atoms with Gasteiger partial charge >= 0.3 is 0 Å². The zero-order valence-corrected chi connectivity index (χ0v) is 11.8. The molecule has 1 aromatic rings. The van der Waals surface area contributed by atoms with Gasteiger partial charge in [0.2, 0.25) is 0 Å². The van der Waals surface area contributed by atoms with E-state index in [0.717, 1.165) is 10.0 Å². The maximum atomic E-state index is 9.75. The molecule has 90 valence electrons. The van der Waals surface area contributed by atoms with Crippen molar-refractivity contribution in [1.29, 1.82) is 0 Å². The summed E-state index contributed by atoms with van der Waals surface area (Å²) in [4.78, 5) is 0. The molecule has 0 aliphatic rings. The predicted octanol–water partition coefficient (Wildman–Crippen LogP) is 2.99. The Kier molecular flexibility index (Phi) is 4.80. The number of halogens is 2. The summed E-state index contributed by atoms with van der Waals surface area (Å²) in [6.45, 7) is 4.16. The molecular formula is C12H17BrClNO. The molecule has 0 aromatic heterocycles. The van der Waals surface area contributed by atoms with E-state index in [1.165, 1.54) is 0 Å². The van der Waals surface area contributed by atoms with Crippen molar-refractivity contribution in [2.45, 2.75) is 26.4 Å². The van der Waals surface area contributed by atoms with Crippen LogP contribution in [-0.4, -0.2) is 17.8 Å². The van der Waals surface area contributed by atoms with Crippen LogP contribution in [0.25, 0.3) is 0 Å². The summed E-state index contributed by atoms with van der Waals surface area (Å²) in [5.74, 6) is 0. The van der Waals surface area contributed by atoms with Gasteiger partial charge in [-0.05, 0) is 31.0 Å². The molecule has 2 nitrogen and oxygen atoms in total. The molecule has 0 spiro atoms. The molecule has 0 saturated carbocycles. The van der Waals surface area contributed by atoms with Gasteiger partial charge in [0.05, 0.1) is 6.10 Å². The maximum absolute atomic E-state index is 9.75. The second-order valence-electron chi connectivity index (χ2n) is 4.45. The predicted molar refractivity (Wildman–Crippen MR) is 71.7 cm³/mol. The minimum absolute atomic E-state index is 0.336. The van der Waals surface area contributed by atoms with Crippen molar-refractivity contribution in [2.75, 3.05) is 6.54 Å². The first-order chi connectivity index (χ1) is 7.39. The lowest BCUT2D eigenvalue weighted by Crippen LogP contribution is -2.39. The Morgan fingerprint density at radius 3 is 2.62 bits per heavy atom. The molecule has 1 rings (SSSR count). The minimum Gasteiger partial charge on any atom is -0.393 e. The lowest BCUT2D eigenvalue weighted by molar-refractivity contribution is 0.0589. The second kappa shape index (κ2) is 5.50. The highest BCUT2D eigenvalue weighted by atomic mass is 79.9. The van der Waals surface area contributed by atoms with Crippen LogP contribution in [0.4, 0.5) is 0 Å². The number of aliphatic hydroxyl groups excluding tert-OH is 1. The van der Waals surface area contributed by atoms with Crippen molar-refractivity contribution in [3.8, 4) is 0 Å². The van der Waals surface area contributed by atoms with E-state index < -0.39 is 6.10 Å². The van der Waals surface area contributed by atoms with Gasteiger partial charge < -0.3 is 10.8 Å². The zero-order valence-electron chi connectivity index (χ0n) is 9.50. The van der Waals surface area contributed by atoms with E-state index in [4.69, 9.17) is 17.3 Å². The van der Waals surface area contributed by atoms with Gasteiger partial charge in [0.25, 0.3) is 0 Å². The molecule has 0 amide bonds. The van der Waals surface area contributed by atoms with Gasteiger partial charge in [-0.15, -0.1) is 0 Å². The Labute approximate surface area is 110 Å². The molecule has 16 heavy (non-hydrogen) atoms. The first kappa shape index (κ1) is 14.0. The van der Waals surface area contributed by atoms with Crippen LogP contribution in [0, 0.1) is 5.41 Å². The van der Waals surface area contributed by atoms with Crippen molar-refractivity contribution in [2.24, 2.45) is 11.1 Å². The van der Waals surface area contributed by atoms with Gasteiger partial charge in [-0.2, -0.15) is 0 Å². The standard InChI is InChI=1S/C12H17BrClNO/c1-8(16)12(2,7-15)6-9-3-4-10(13)5-11(9)14/h3-5,8,16H,6-7,15H2,1-2H3. The van der Waals surface area contributed by atoms with E-state index in [0.29, 0.717) is 18.0 Å². The second-order valence-corrected chi connectivity index (χ2v) is 5.77. The zero-order chi connectivity index (χ0) is 12.3. The Balaban J connectivity index is 2.95. The summed E-state index contributed by atoms with van der Waals surface area (Å²) in [7, 11) is 0. The third-order valence-electron chi connectivity index (χ3n) is 3.08.